The summed E-state index contributed by atoms with van der Waals surface area (Å²) in [6.45, 7) is 5.33. The molecule has 1 aliphatic heterocycles. The molecular weight excluding hydrogens is 306 g/mol. The van der Waals surface area contributed by atoms with Crippen LogP contribution in [0, 0.1) is 5.92 Å². The van der Waals surface area contributed by atoms with Crippen LogP contribution in [0.15, 0.2) is 28.7 Å². The zero-order valence-electron chi connectivity index (χ0n) is 14.4. The second kappa shape index (κ2) is 7.03. The predicted molar refractivity (Wildman–Crippen MR) is 89.7 cm³/mol. The van der Waals surface area contributed by atoms with Gasteiger partial charge in [-0.15, -0.1) is 10.2 Å². The van der Waals surface area contributed by atoms with Gasteiger partial charge in [-0.3, -0.25) is 4.79 Å². The van der Waals surface area contributed by atoms with Gasteiger partial charge >= 0.3 is 0 Å². The molecule has 0 radical (unpaired) electrons. The first-order chi connectivity index (χ1) is 11.6. The number of hydrogen-bond donors (Lipinski definition) is 0. The molecule has 1 aliphatic rings. The standard InChI is InChI=1S/C18H23N3O3/c1-12(2)18(22)21-10-4-5-14(11-21)17-20-19-16(24-17)13-6-8-15(23-3)9-7-13/h6-9,12,14H,4-5,10-11H2,1-3H3/t14-/m0/s1. The molecular formula is C18H23N3O3. The van der Waals surface area contributed by atoms with Gasteiger partial charge in [0.25, 0.3) is 0 Å². The second-order valence-electron chi connectivity index (χ2n) is 6.45. The third-order valence-corrected chi connectivity index (χ3v) is 4.35. The second-order valence-corrected chi connectivity index (χ2v) is 6.45. The van der Waals surface area contributed by atoms with Crippen LogP contribution in [0.25, 0.3) is 11.5 Å². The molecule has 24 heavy (non-hydrogen) atoms. The molecule has 0 saturated carbocycles. The Kier molecular flexibility index (Phi) is 4.83. The van der Waals surface area contributed by atoms with Gasteiger partial charge in [0.1, 0.15) is 5.75 Å². The molecule has 2 heterocycles. The Morgan fingerprint density at radius 3 is 2.71 bits per heavy atom. The van der Waals surface area contributed by atoms with E-state index in [0.29, 0.717) is 18.3 Å². The molecule has 2 aromatic rings. The van der Waals surface area contributed by atoms with E-state index in [1.54, 1.807) is 7.11 Å². The normalized spacial score (nSPS) is 18.0. The lowest BCUT2D eigenvalue weighted by atomic mass is 9.97. The maximum Gasteiger partial charge on any atom is 0.247 e. The number of likely N-dealkylation sites (tertiary alicyclic amines) is 1. The fourth-order valence-corrected chi connectivity index (χ4v) is 2.99. The molecule has 6 heteroatoms. The fraction of sp³-hybridized carbons (Fsp3) is 0.500. The highest BCUT2D eigenvalue weighted by molar-refractivity contribution is 5.78. The summed E-state index contributed by atoms with van der Waals surface area (Å²) in [5.74, 6) is 2.22. The van der Waals surface area contributed by atoms with Crippen molar-refractivity contribution in [1.29, 1.82) is 0 Å². The Morgan fingerprint density at radius 1 is 1.29 bits per heavy atom. The van der Waals surface area contributed by atoms with Gasteiger partial charge in [-0.1, -0.05) is 13.8 Å². The lowest BCUT2D eigenvalue weighted by molar-refractivity contribution is -0.135. The smallest absolute Gasteiger partial charge is 0.247 e. The maximum absolute atomic E-state index is 12.2. The molecule has 128 valence electrons. The van der Waals surface area contributed by atoms with E-state index in [1.807, 2.05) is 43.0 Å². The summed E-state index contributed by atoms with van der Waals surface area (Å²) in [6, 6.07) is 7.52. The Labute approximate surface area is 141 Å². The largest absolute Gasteiger partial charge is 0.497 e. The van der Waals surface area contributed by atoms with Gasteiger partial charge in [0.15, 0.2) is 0 Å². The first-order valence-corrected chi connectivity index (χ1v) is 8.35. The van der Waals surface area contributed by atoms with Gasteiger partial charge < -0.3 is 14.1 Å². The predicted octanol–water partition coefficient (Wildman–Crippen LogP) is 3.11. The average molecular weight is 329 g/mol. The molecule has 1 atom stereocenters. The summed E-state index contributed by atoms with van der Waals surface area (Å²) >= 11 is 0. The number of amides is 1. The number of benzene rings is 1. The van der Waals surface area contributed by atoms with Crippen molar-refractivity contribution in [1.82, 2.24) is 15.1 Å². The number of aromatic nitrogens is 2. The number of hydrogen-bond acceptors (Lipinski definition) is 5. The van der Waals surface area contributed by atoms with Crippen LogP contribution in [0.2, 0.25) is 0 Å². The minimum absolute atomic E-state index is 0.0151. The Bertz CT molecular complexity index is 694. The van der Waals surface area contributed by atoms with Crippen LogP contribution in [0.4, 0.5) is 0 Å². The minimum Gasteiger partial charge on any atom is -0.497 e. The highest BCUT2D eigenvalue weighted by atomic mass is 16.5. The van der Waals surface area contributed by atoms with E-state index in [1.165, 1.54) is 0 Å². The number of methoxy groups -OCH3 is 1. The summed E-state index contributed by atoms with van der Waals surface area (Å²) < 4.78 is 11.0. The Hall–Kier alpha value is -2.37. The average Bonchev–Trinajstić information content (AvgIpc) is 3.11. The van der Waals surface area contributed by atoms with Crippen molar-refractivity contribution in [3.63, 3.8) is 0 Å². The zero-order valence-corrected chi connectivity index (χ0v) is 14.4. The van der Waals surface area contributed by atoms with Crippen molar-refractivity contribution in [2.45, 2.75) is 32.6 Å². The maximum atomic E-state index is 12.2. The van der Waals surface area contributed by atoms with Gasteiger partial charge in [-0.25, -0.2) is 0 Å². The lowest BCUT2D eigenvalue weighted by Crippen LogP contribution is -2.41. The van der Waals surface area contributed by atoms with E-state index >= 15 is 0 Å². The van der Waals surface area contributed by atoms with E-state index in [4.69, 9.17) is 9.15 Å². The third-order valence-electron chi connectivity index (χ3n) is 4.35. The quantitative estimate of drug-likeness (QED) is 0.862. The number of carbonyl (C=O) groups is 1. The Balaban J connectivity index is 1.73. The first-order valence-electron chi connectivity index (χ1n) is 8.35. The highest BCUT2D eigenvalue weighted by Gasteiger charge is 2.29. The first kappa shape index (κ1) is 16.5. The molecule has 1 amide bonds. The monoisotopic (exact) mass is 329 g/mol. The molecule has 1 aromatic carbocycles. The van der Waals surface area contributed by atoms with Crippen molar-refractivity contribution < 1.29 is 13.9 Å². The van der Waals surface area contributed by atoms with Crippen LogP contribution in [-0.2, 0) is 4.79 Å². The summed E-state index contributed by atoms with van der Waals surface area (Å²) in [5, 5.41) is 8.37. The summed E-state index contributed by atoms with van der Waals surface area (Å²) in [5.41, 5.74) is 0.862. The van der Waals surface area contributed by atoms with Crippen LogP contribution in [-0.4, -0.2) is 41.2 Å². The van der Waals surface area contributed by atoms with E-state index in [-0.39, 0.29) is 17.7 Å². The van der Waals surface area contributed by atoms with Crippen molar-refractivity contribution in [3.8, 4) is 17.2 Å². The minimum atomic E-state index is 0.0151. The summed E-state index contributed by atoms with van der Waals surface area (Å²) in [6.07, 6.45) is 1.93. The number of ether oxygens (including phenoxy) is 1. The van der Waals surface area contributed by atoms with Gasteiger partial charge in [0, 0.05) is 24.6 Å². The van der Waals surface area contributed by atoms with Gasteiger partial charge in [0.2, 0.25) is 17.7 Å². The molecule has 0 unspecified atom stereocenters. The fourth-order valence-electron chi connectivity index (χ4n) is 2.99. The molecule has 3 rings (SSSR count). The lowest BCUT2D eigenvalue weighted by Gasteiger charge is -2.32. The molecule has 1 saturated heterocycles. The van der Waals surface area contributed by atoms with Crippen molar-refractivity contribution >= 4 is 5.91 Å². The van der Waals surface area contributed by atoms with Crippen molar-refractivity contribution in [3.05, 3.63) is 30.2 Å². The Morgan fingerprint density at radius 2 is 2.04 bits per heavy atom. The van der Waals surface area contributed by atoms with E-state index in [9.17, 15) is 4.79 Å². The van der Waals surface area contributed by atoms with Gasteiger partial charge in [-0.2, -0.15) is 0 Å². The summed E-state index contributed by atoms with van der Waals surface area (Å²) in [4.78, 5) is 14.1. The van der Waals surface area contributed by atoms with Crippen LogP contribution < -0.4 is 4.74 Å². The van der Waals surface area contributed by atoms with Crippen LogP contribution in [0.1, 0.15) is 38.5 Å². The number of nitrogens with zero attached hydrogens (tertiary/aromatic N) is 3. The van der Waals surface area contributed by atoms with Gasteiger partial charge in [-0.05, 0) is 37.1 Å². The molecule has 0 N–H and O–H groups in total. The number of piperidine rings is 1. The molecule has 1 fully saturated rings. The number of rotatable bonds is 4. The van der Waals surface area contributed by atoms with E-state index < -0.39 is 0 Å². The third kappa shape index (κ3) is 3.42. The molecule has 0 spiro atoms. The highest BCUT2D eigenvalue weighted by Crippen LogP contribution is 2.29. The number of carbonyl (C=O) groups excluding carboxylic acids is 1. The van der Waals surface area contributed by atoms with Crippen LogP contribution in [0.5, 0.6) is 5.75 Å². The molecule has 0 aliphatic carbocycles. The van der Waals surface area contributed by atoms with Crippen LogP contribution >= 0.6 is 0 Å². The van der Waals surface area contributed by atoms with E-state index in [2.05, 4.69) is 10.2 Å². The SMILES string of the molecule is COc1ccc(-c2nnc([C@H]3CCCN(C(=O)C(C)C)C3)o2)cc1. The topological polar surface area (TPSA) is 68.5 Å². The molecule has 1 aromatic heterocycles. The molecule has 6 nitrogen and oxygen atoms in total. The van der Waals surface area contributed by atoms with Gasteiger partial charge in [0.05, 0.1) is 13.0 Å². The molecule has 0 bridgehead atoms. The zero-order chi connectivity index (χ0) is 17.1. The van der Waals surface area contributed by atoms with Crippen molar-refractivity contribution in [2.24, 2.45) is 5.92 Å². The van der Waals surface area contributed by atoms with E-state index in [0.717, 1.165) is 30.7 Å². The van der Waals surface area contributed by atoms with Crippen LogP contribution in [0.3, 0.4) is 0 Å². The van der Waals surface area contributed by atoms with Crippen molar-refractivity contribution in [2.75, 3.05) is 20.2 Å². The summed E-state index contributed by atoms with van der Waals surface area (Å²) in [7, 11) is 1.63.